The van der Waals surface area contributed by atoms with Crippen LogP contribution in [0.25, 0.3) is 0 Å². The molecule has 2 rings (SSSR count). The summed E-state index contributed by atoms with van der Waals surface area (Å²) in [5, 5.41) is 9.87. The van der Waals surface area contributed by atoms with Gasteiger partial charge in [0.15, 0.2) is 0 Å². The molecule has 3 N–H and O–H groups in total. The van der Waals surface area contributed by atoms with Crippen LogP contribution in [0.2, 0.25) is 0 Å². The summed E-state index contributed by atoms with van der Waals surface area (Å²) in [5.74, 6) is 1.29. The van der Waals surface area contributed by atoms with Crippen LogP contribution in [0, 0.1) is 17.3 Å². The molecule has 0 aromatic heterocycles. The second-order valence-electron chi connectivity index (χ2n) is 7.09. The van der Waals surface area contributed by atoms with E-state index < -0.39 is 0 Å². The van der Waals surface area contributed by atoms with E-state index in [-0.39, 0.29) is 17.6 Å². The first-order valence-corrected chi connectivity index (χ1v) is 7.04. The van der Waals surface area contributed by atoms with Crippen LogP contribution in [0.5, 0.6) is 0 Å². The topological polar surface area (TPSA) is 49.5 Å². The first-order valence-electron chi connectivity index (χ1n) is 7.04. The molecule has 2 aliphatic rings. The van der Waals surface area contributed by atoms with Gasteiger partial charge in [0.1, 0.15) is 0 Å². The molecule has 1 saturated carbocycles. The van der Waals surface area contributed by atoms with E-state index in [1.165, 1.54) is 13.0 Å². The Morgan fingerprint density at radius 1 is 1.29 bits per heavy atom. The van der Waals surface area contributed by atoms with Gasteiger partial charge in [-0.1, -0.05) is 20.8 Å². The van der Waals surface area contributed by atoms with Crippen molar-refractivity contribution < 1.29 is 5.11 Å². The smallest absolute Gasteiger partial charge is 0.0583 e. The van der Waals surface area contributed by atoms with Gasteiger partial charge in [0.2, 0.25) is 0 Å². The average Bonchev–Trinajstić information content (AvgIpc) is 2.76. The van der Waals surface area contributed by atoms with Crippen molar-refractivity contribution in [1.29, 1.82) is 0 Å². The Hall–Kier alpha value is -0.120. The van der Waals surface area contributed by atoms with Crippen molar-refractivity contribution >= 4 is 0 Å². The molecule has 4 atom stereocenters. The molecule has 0 aromatic rings. The van der Waals surface area contributed by atoms with Crippen LogP contribution < -0.4 is 5.73 Å². The number of nitrogens with two attached hydrogens (primary N) is 1. The highest BCUT2D eigenvalue weighted by Crippen LogP contribution is 2.38. The molecular formula is C14H28N2O. The Bertz CT molecular complexity index is 261. The zero-order valence-corrected chi connectivity index (χ0v) is 11.5. The molecule has 1 saturated heterocycles. The van der Waals surface area contributed by atoms with Crippen molar-refractivity contribution in [3.05, 3.63) is 0 Å². The second-order valence-corrected chi connectivity index (χ2v) is 7.09. The summed E-state index contributed by atoms with van der Waals surface area (Å²) in [6.45, 7) is 9.99. The molecule has 3 nitrogen and oxygen atoms in total. The second kappa shape index (κ2) is 4.87. The molecule has 17 heavy (non-hydrogen) atoms. The monoisotopic (exact) mass is 240 g/mol. The number of likely N-dealkylation sites (tertiary alicyclic amines) is 1. The molecule has 2 fully saturated rings. The minimum Gasteiger partial charge on any atom is -0.393 e. The third-order valence-corrected chi connectivity index (χ3v) is 4.76. The number of hydrogen-bond acceptors (Lipinski definition) is 3. The Balaban J connectivity index is 1.76. The van der Waals surface area contributed by atoms with E-state index in [4.69, 9.17) is 5.73 Å². The first kappa shape index (κ1) is 13.3. The molecule has 0 radical (unpaired) electrons. The molecule has 1 heterocycles. The molecular weight excluding hydrogens is 212 g/mol. The SMILES string of the molecule is CC(C)(C)C(N)CCN1CC2CCC(O)C2C1. The van der Waals surface area contributed by atoms with Crippen molar-refractivity contribution in [1.82, 2.24) is 4.90 Å². The minimum atomic E-state index is -0.0405. The number of aliphatic hydroxyl groups excluding tert-OH is 1. The van der Waals surface area contributed by atoms with Crippen molar-refractivity contribution in [2.45, 2.75) is 52.2 Å². The fourth-order valence-corrected chi connectivity index (χ4v) is 3.27. The highest BCUT2D eigenvalue weighted by atomic mass is 16.3. The van der Waals surface area contributed by atoms with Crippen molar-refractivity contribution in [3.8, 4) is 0 Å². The van der Waals surface area contributed by atoms with E-state index in [9.17, 15) is 5.11 Å². The van der Waals surface area contributed by atoms with Gasteiger partial charge >= 0.3 is 0 Å². The summed E-state index contributed by atoms with van der Waals surface area (Å²) < 4.78 is 0. The maximum atomic E-state index is 9.87. The van der Waals surface area contributed by atoms with Crippen molar-refractivity contribution in [2.24, 2.45) is 23.0 Å². The highest BCUT2D eigenvalue weighted by molar-refractivity contribution is 4.94. The van der Waals surface area contributed by atoms with Crippen molar-refractivity contribution in [2.75, 3.05) is 19.6 Å². The molecule has 0 aromatic carbocycles. The van der Waals surface area contributed by atoms with Gasteiger partial charge in [0.05, 0.1) is 6.10 Å². The van der Waals surface area contributed by atoms with Gasteiger partial charge in [0, 0.05) is 25.0 Å². The zero-order chi connectivity index (χ0) is 12.6. The lowest BCUT2D eigenvalue weighted by molar-refractivity contribution is 0.123. The van der Waals surface area contributed by atoms with Gasteiger partial charge in [-0.05, 0) is 37.1 Å². The Morgan fingerprint density at radius 3 is 2.59 bits per heavy atom. The van der Waals surface area contributed by atoms with Crippen LogP contribution in [0.3, 0.4) is 0 Å². The summed E-state index contributed by atoms with van der Waals surface area (Å²) in [7, 11) is 0. The van der Waals surface area contributed by atoms with E-state index >= 15 is 0 Å². The molecule has 1 aliphatic carbocycles. The number of aliphatic hydroxyl groups is 1. The number of fused-ring (bicyclic) bond motifs is 1. The zero-order valence-electron chi connectivity index (χ0n) is 11.5. The molecule has 0 spiro atoms. The molecule has 1 aliphatic heterocycles. The van der Waals surface area contributed by atoms with Gasteiger partial charge in [-0.2, -0.15) is 0 Å². The summed E-state index contributed by atoms with van der Waals surface area (Å²) in [6, 6.07) is 0.271. The Kier molecular flexibility index (Phi) is 3.81. The summed E-state index contributed by atoms with van der Waals surface area (Å²) in [5.41, 5.74) is 6.40. The van der Waals surface area contributed by atoms with Crippen LogP contribution in [-0.2, 0) is 0 Å². The van der Waals surface area contributed by atoms with Crippen LogP contribution in [0.4, 0.5) is 0 Å². The molecule has 4 unspecified atom stereocenters. The lowest BCUT2D eigenvalue weighted by atomic mass is 9.85. The minimum absolute atomic E-state index is 0.0405. The Morgan fingerprint density at radius 2 is 2.00 bits per heavy atom. The van der Waals surface area contributed by atoms with Crippen LogP contribution >= 0.6 is 0 Å². The van der Waals surface area contributed by atoms with Crippen molar-refractivity contribution in [3.63, 3.8) is 0 Å². The maximum absolute atomic E-state index is 9.87. The lowest BCUT2D eigenvalue weighted by Crippen LogP contribution is -2.38. The fourth-order valence-electron chi connectivity index (χ4n) is 3.27. The molecule has 3 heteroatoms. The van der Waals surface area contributed by atoms with Gasteiger partial charge in [-0.25, -0.2) is 0 Å². The predicted octanol–water partition coefficient (Wildman–Crippen LogP) is 1.45. The average molecular weight is 240 g/mol. The van der Waals surface area contributed by atoms with E-state index in [1.54, 1.807) is 0 Å². The van der Waals surface area contributed by atoms with Gasteiger partial charge in [-0.15, -0.1) is 0 Å². The van der Waals surface area contributed by atoms with Gasteiger partial charge < -0.3 is 15.7 Å². The van der Waals surface area contributed by atoms with Crippen LogP contribution in [0.15, 0.2) is 0 Å². The summed E-state index contributed by atoms with van der Waals surface area (Å²) >= 11 is 0. The first-order chi connectivity index (χ1) is 7.88. The van der Waals surface area contributed by atoms with Gasteiger partial charge in [-0.3, -0.25) is 0 Å². The Labute approximate surface area is 105 Å². The summed E-state index contributed by atoms with van der Waals surface area (Å²) in [6.07, 6.45) is 3.26. The van der Waals surface area contributed by atoms with E-state index in [1.807, 2.05) is 0 Å². The molecule has 0 bridgehead atoms. The third-order valence-electron chi connectivity index (χ3n) is 4.76. The number of rotatable bonds is 3. The highest BCUT2D eigenvalue weighted by Gasteiger charge is 2.41. The molecule has 0 amide bonds. The lowest BCUT2D eigenvalue weighted by Gasteiger charge is -2.29. The van der Waals surface area contributed by atoms with E-state index in [0.29, 0.717) is 5.92 Å². The molecule has 100 valence electrons. The number of hydrogen-bond donors (Lipinski definition) is 2. The predicted molar refractivity (Wildman–Crippen MR) is 70.7 cm³/mol. The standard InChI is InChI=1S/C14H28N2O/c1-14(2,3)13(15)6-7-16-8-10-4-5-12(17)11(10)9-16/h10-13,17H,4-9,15H2,1-3H3. The van der Waals surface area contributed by atoms with Crippen LogP contribution in [0.1, 0.15) is 40.0 Å². The largest absolute Gasteiger partial charge is 0.393 e. The third kappa shape index (κ3) is 3.01. The quantitative estimate of drug-likeness (QED) is 0.785. The number of nitrogens with zero attached hydrogens (tertiary/aromatic N) is 1. The van der Waals surface area contributed by atoms with Gasteiger partial charge in [0.25, 0.3) is 0 Å². The van der Waals surface area contributed by atoms with Crippen LogP contribution in [-0.4, -0.2) is 41.8 Å². The summed E-state index contributed by atoms with van der Waals surface area (Å²) in [4.78, 5) is 2.50. The fraction of sp³-hybridized carbons (Fsp3) is 1.00. The van der Waals surface area contributed by atoms with E-state index in [0.717, 1.165) is 31.8 Å². The normalized spacial score (nSPS) is 36.2. The van der Waals surface area contributed by atoms with E-state index in [2.05, 4.69) is 25.7 Å². The maximum Gasteiger partial charge on any atom is 0.0583 e.